The van der Waals surface area contributed by atoms with Crippen molar-refractivity contribution in [1.29, 1.82) is 0 Å². The normalized spacial score (nSPS) is 17.9. The summed E-state index contributed by atoms with van der Waals surface area (Å²) in [6, 6.07) is 13.0. The van der Waals surface area contributed by atoms with Gasteiger partial charge >= 0.3 is 0 Å². The van der Waals surface area contributed by atoms with Crippen molar-refractivity contribution in [3.63, 3.8) is 0 Å². The molecule has 2 aromatic rings. The van der Waals surface area contributed by atoms with E-state index in [4.69, 9.17) is 4.74 Å². The Labute approximate surface area is 119 Å². The van der Waals surface area contributed by atoms with Crippen LogP contribution in [-0.4, -0.2) is 23.1 Å². The Morgan fingerprint density at radius 1 is 1.30 bits per heavy atom. The van der Waals surface area contributed by atoms with Crippen molar-refractivity contribution >= 4 is 5.90 Å². The maximum Gasteiger partial charge on any atom is 0.233 e. The van der Waals surface area contributed by atoms with Crippen LogP contribution in [0.2, 0.25) is 0 Å². The van der Waals surface area contributed by atoms with Crippen molar-refractivity contribution in [3.05, 3.63) is 59.4 Å². The third-order valence-electron chi connectivity index (χ3n) is 3.67. The van der Waals surface area contributed by atoms with Crippen LogP contribution >= 0.6 is 0 Å². The van der Waals surface area contributed by atoms with E-state index in [-0.39, 0.29) is 0 Å². The molecule has 0 radical (unpaired) electrons. The van der Waals surface area contributed by atoms with Gasteiger partial charge in [-0.05, 0) is 31.0 Å². The van der Waals surface area contributed by atoms with Crippen molar-refractivity contribution in [2.45, 2.75) is 32.9 Å². The topological polar surface area (TPSA) is 26.5 Å². The van der Waals surface area contributed by atoms with Crippen molar-refractivity contribution < 1.29 is 4.74 Å². The van der Waals surface area contributed by atoms with Crippen LogP contribution in [0.15, 0.2) is 47.6 Å². The van der Waals surface area contributed by atoms with E-state index in [1.54, 1.807) is 0 Å². The molecule has 1 aliphatic rings. The maximum absolute atomic E-state index is 5.73. The minimum atomic E-state index is 0.312. The van der Waals surface area contributed by atoms with Crippen molar-refractivity contribution in [3.8, 4) is 0 Å². The number of rotatable bonds is 4. The van der Waals surface area contributed by atoms with Crippen molar-refractivity contribution in [1.82, 2.24) is 4.57 Å². The molecule has 0 saturated carbocycles. The molecule has 1 unspecified atom stereocenters. The quantitative estimate of drug-likeness (QED) is 0.834. The first-order valence-corrected chi connectivity index (χ1v) is 7.18. The van der Waals surface area contributed by atoms with E-state index in [0.29, 0.717) is 12.6 Å². The predicted molar refractivity (Wildman–Crippen MR) is 81.3 cm³/mol. The minimum Gasteiger partial charge on any atom is -0.474 e. The summed E-state index contributed by atoms with van der Waals surface area (Å²) in [5, 5.41) is 0. The van der Waals surface area contributed by atoms with Gasteiger partial charge in [-0.25, -0.2) is 4.99 Å². The number of aryl methyl sites for hydroxylation is 1. The first-order valence-electron chi connectivity index (χ1n) is 7.18. The van der Waals surface area contributed by atoms with Gasteiger partial charge in [-0.3, -0.25) is 0 Å². The van der Waals surface area contributed by atoms with Crippen LogP contribution in [-0.2, 0) is 11.3 Å². The zero-order valence-corrected chi connectivity index (χ0v) is 12.0. The molecule has 104 valence electrons. The summed E-state index contributed by atoms with van der Waals surface area (Å²) in [4.78, 5) is 4.64. The lowest BCUT2D eigenvalue weighted by atomic mass is 10.1. The second kappa shape index (κ2) is 5.53. The molecule has 2 heterocycles. The molecule has 20 heavy (non-hydrogen) atoms. The molecule has 1 aliphatic heterocycles. The second-order valence-electron chi connectivity index (χ2n) is 5.32. The van der Waals surface area contributed by atoms with E-state index in [9.17, 15) is 0 Å². The average Bonchev–Trinajstić information content (AvgIpc) is 3.06. The highest BCUT2D eigenvalue weighted by Gasteiger charge is 2.20. The number of aromatic nitrogens is 1. The molecule has 0 amide bonds. The fourth-order valence-electron chi connectivity index (χ4n) is 2.52. The van der Waals surface area contributed by atoms with Gasteiger partial charge in [0, 0.05) is 12.7 Å². The lowest BCUT2D eigenvalue weighted by molar-refractivity contribution is 0.313. The van der Waals surface area contributed by atoms with E-state index >= 15 is 0 Å². The number of hydrogen-bond acceptors (Lipinski definition) is 2. The van der Waals surface area contributed by atoms with Crippen molar-refractivity contribution in [2.75, 3.05) is 6.61 Å². The Balaban J connectivity index is 1.84. The Kier molecular flexibility index (Phi) is 3.59. The number of ether oxygens (including phenoxy) is 1. The van der Waals surface area contributed by atoms with E-state index in [1.807, 2.05) is 0 Å². The second-order valence-corrected chi connectivity index (χ2v) is 5.32. The summed E-state index contributed by atoms with van der Waals surface area (Å²) < 4.78 is 7.93. The van der Waals surface area contributed by atoms with Gasteiger partial charge in [0.1, 0.15) is 12.3 Å². The predicted octanol–water partition coefficient (Wildman–Crippen LogP) is 3.40. The van der Waals surface area contributed by atoms with Crippen LogP contribution in [0.4, 0.5) is 0 Å². The van der Waals surface area contributed by atoms with Crippen LogP contribution in [0.3, 0.4) is 0 Å². The van der Waals surface area contributed by atoms with Gasteiger partial charge in [0.25, 0.3) is 0 Å². The van der Waals surface area contributed by atoms with Gasteiger partial charge in [0.05, 0.1) is 6.04 Å². The van der Waals surface area contributed by atoms with E-state index < -0.39 is 0 Å². The molecule has 1 aromatic carbocycles. The fourth-order valence-corrected chi connectivity index (χ4v) is 2.52. The Morgan fingerprint density at radius 3 is 2.95 bits per heavy atom. The standard InChI is InChI=1S/C17H20N2O/c1-3-15-12-20-17(18-15)16-8-5-9-19(16)11-14-7-4-6-13(2)10-14/h4-10,15H,3,11-12H2,1-2H3. The van der Waals surface area contributed by atoms with Crippen LogP contribution in [0.5, 0.6) is 0 Å². The highest BCUT2D eigenvalue weighted by molar-refractivity contribution is 5.93. The fraction of sp³-hybridized carbons (Fsp3) is 0.353. The van der Waals surface area contributed by atoms with Crippen LogP contribution in [0.1, 0.15) is 30.2 Å². The molecular formula is C17H20N2O. The summed E-state index contributed by atoms with van der Waals surface area (Å²) in [6.45, 7) is 5.83. The van der Waals surface area contributed by atoms with E-state index in [0.717, 1.165) is 24.6 Å². The van der Waals surface area contributed by atoms with Gasteiger partial charge < -0.3 is 9.30 Å². The Bertz CT molecular complexity index is 627. The lowest BCUT2D eigenvalue weighted by Crippen LogP contribution is -2.10. The summed E-state index contributed by atoms with van der Waals surface area (Å²) in [5.41, 5.74) is 3.66. The summed E-state index contributed by atoms with van der Waals surface area (Å²) >= 11 is 0. The zero-order chi connectivity index (χ0) is 13.9. The molecule has 0 fully saturated rings. The Hall–Kier alpha value is -2.03. The SMILES string of the molecule is CCC1COC(c2cccn2Cc2cccc(C)c2)=N1. The summed E-state index contributed by atoms with van der Waals surface area (Å²) in [5.74, 6) is 0.787. The largest absolute Gasteiger partial charge is 0.474 e. The first-order chi connectivity index (χ1) is 9.76. The van der Waals surface area contributed by atoms with Gasteiger partial charge in [0.2, 0.25) is 5.90 Å². The highest BCUT2D eigenvalue weighted by atomic mass is 16.5. The van der Waals surface area contributed by atoms with E-state index in [1.165, 1.54) is 11.1 Å². The van der Waals surface area contributed by atoms with Crippen LogP contribution < -0.4 is 0 Å². The highest BCUT2D eigenvalue weighted by Crippen LogP contribution is 2.16. The van der Waals surface area contributed by atoms with Gasteiger partial charge in [-0.15, -0.1) is 0 Å². The number of aliphatic imine (C=N–C) groups is 1. The van der Waals surface area contributed by atoms with Crippen LogP contribution in [0.25, 0.3) is 0 Å². The van der Waals surface area contributed by atoms with Gasteiger partial charge in [-0.2, -0.15) is 0 Å². The number of hydrogen-bond donors (Lipinski definition) is 0. The molecule has 0 bridgehead atoms. The van der Waals surface area contributed by atoms with Crippen molar-refractivity contribution in [2.24, 2.45) is 4.99 Å². The first kappa shape index (κ1) is 13.0. The van der Waals surface area contributed by atoms with Gasteiger partial charge in [-0.1, -0.05) is 36.8 Å². The summed E-state index contributed by atoms with van der Waals surface area (Å²) in [7, 11) is 0. The minimum absolute atomic E-state index is 0.312. The van der Waals surface area contributed by atoms with E-state index in [2.05, 4.69) is 66.0 Å². The molecule has 0 N–H and O–H groups in total. The molecule has 0 spiro atoms. The summed E-state index contributed by atoms with van der Waals surface area (Å²) in [6.07, 6.45) is 3.12. The third-order valence-corrected chi connectivity index (χ3v) is 3.67. The molecule has 1 atom stereocenters. The molecule has 0 saturated heterocycles. The third kappa shape index (κ3) is 2.62. The lowest BCUT2D eigenvalue weighted by Gasteiger charge is -2.09. The molecule has 0 aliphatic carbocycles. The number of benzene rings is 1. The zero-order valence-electron chi connectivity index (χ0n) is 12.0. The molecule has 3 heteroatoms. The Morgan fingerprint density at radius 2 is 2.20 bits per heavy atom. The molecule has 3 rings (SSSR count). The molecule has 1 aromatic heterocycles. The number of nitrogens with zero attached hydrogens (tertiary/aromatic N) is 2. The molecule has 3 nitrogen and oxygen atoms in total. The molecular weight excluding hydrogens is 248 g/mol. The maximum atomic E-state index is 5.73. The van der Waals surface area contributed by atoms with Crippen LogP contribution in [0, 0.1) is 6.92 Å². The smallest absolute Gasteiger partial charge is 0.233 e. The monoisotopic (exact) mass is 268 g/mol. The van der Waals surface area contributed by atoms with Gasteiger partial charge in [0.15, 0.2) is 0 Å². The average molecular weight is 268 g/mol.